The normalized spacial score (nSPS) is 14.6. The number of thiol groups is 1. The summed E-state index contributed by atoms with van der Waals surface area (Å²) in [5.41, 5.74) is 1.78. The zero-order chi connectivity index (χ0) is 17.0. The lowest BCUT2D eigenvalue weighted by Crippen LogP contribution is -2.08. The van der Waals surface area contributed by atoms with Crippen LogP contribution in [-0.4, -0.2) is 0 Å². The van der Waals surface area contributed by atoms with Crippen LogP contribution in [0.5, 0.6) is 5.75 Å². The summed E-state index contributed by atoms with van der Waals surface area (Å²) >= 11 is 4.52. The molecule has 1 aromatic rings. The van der Waals surface area contributed by atoms with Gasteiger partial charge in [0, 0.05) is 11.3 Å². The first kappa shape index (κ1) is 16.9. The number of hydrogen-bond donors (Lipinski definition) is 1. The Balaban J connectivity index is 2.39. The largest absolute Gasteiger partial charge is 0.456 e. The van der Waals surface area contributed by atoms with Gasteiger partial charge >= 0.3 is 0 Å². The fourth-order valence-corrected chi connectivity index (χ4v) is 2.35. The summed E-state index contributed by atoms with van der Waals surface area (Å²) in [6.07, 6.45) is 6.83. The molecule has 0 aliphatic heterocycles. The van der Waals surface area contributed by atoms with Gasteiger partial charge in [-0.05, 0) is 35.3 Å². The molecule has 0 heterocycles. The molecule has 0 unspecified atom stereocenters. The van der Waals surface area contributed by atoms with Crippen LogP contribution >= 0.6 is 12.6 Å². The van der Waals surface area contributed by atoms with Gasteiger partial charge in [-0.3, -0.25) is 0 Å². The Kier molecular flexibility index (Phi) is 4.98. The first-order chi connectivity index (χ1) is 10.8. The van der Waals surface area contributed by atoms with Crippen molar-refractivity contribution in [3.05, 3.63) is 63.8 Å². The third kappa shape index (κ3) is 4.06. The molecule has 3 nitrogen and oxygen atoms in total. The average molecular weight is 322 g/mol. The first-order valence-corrected chi connectivity index (χ1v) is 7.73. The molecule has 0 bridgehead atoms. The van der Waals surface area contributed by atoms with E-state index in [4.69, 9.17) is 15.3 Å². The minimum absolute atomic E-state index is 0.00795. The van der Waals surface area contributed by atoms with Crippen LogP contribution in [0.1, 0.15) is 38.3 Å². The van der Waals surface area contributed by atoms with E-state index < -0.39 is 0 Å². The van der Waals surface area contributed by atoms with E-state index in [-0.39, 0.29) is 5.41 Å². The molecule has 0 saturated heterocycles. The van der Waals surface area contributed by atoms with E-state index >= 15 is 0 Å². The van der Waals surface area contributed by atoms with Crippen LogP contribution < -0.4 is 4.74 Å². The zero-order valence-corrected chi connectivity index (χ0v) is 14.3. The molecule has 0 radical (unpaired) electrons. The van der Waals surface area contributed by atoms with Crippen molar-refractivity contribution in [2.75, 3.05) is 0 Å². The van der Waals surface area contributed by atoms with Gasteiger partial charge in [-0.2, -0.15) is 10.5 Å². The van der Waals surface area contributed by atoms with Gasteiger partial charge in [0.1, 0.15) is 23.6 Å². The highest BCUT2D eigenvalue weighted by Crippen LogP contribution is 2.32. The Morgan fingerprint density at radius 3 is 2.43 bits per heavy atom. The van der Waals surface area contributed by atoms with E-state index in [0.717, 1.165) is 10.5 Å². The van der Waals surface area contributed by atoms with Crippen LogP contribution in [0.4, 0.5) is 0 Å². The van der Waals surface area contributed by atoms with Crippen molar-refractivity contribution in [2.45, 2.75) is 27.2 Å². The van der Waals surface area contributed by atoms with Gasteiger partial charge in [0.15, 0.2) is 0 Å². The van der Waals surface area contributed by atoms with E-state index in [2.05, 4.69) is 45.6 Å². The maximum Gasteiger partial charge on any atom is 0.137 e. The first-order valence-electron chi connectivity index (χ1n) is 7.28. The molecule has 2 rings (SSSR count). The fourth-order valence-electron chi connectivity index (χ4n) is 2.13. The molecule has 23 heavy (non-hydrogen) atoms. The standard InChI is InChI=1S/C19H18N2OS/c1-19(2,3)15-5-4-6-18(23)17(10-15)22-16-8-7-13(11-20)14(9-16)12-21/h4-5,7-10,23H,6H2,1-3H3. The topological polar surface area (TPSA) is 56.8 Å². The number of hydrogen-bond acceptors (Lipinski definition) is 4. The summed E-state index contributed by atoms with van der Waals surface area (Å²) < 4.78 is 5.94. The number of nitrogens with zero attached hydrogens (tertiary/aromatic N) is 2. The molecular weight excluding hydrogens is 304 g/mol. The Labute approximate surface area is 142 Å². The number of benzene rings is 1. The summed E-state index contributed by atoms with van der Waals surface area (Å²) in [6.45, 7) is 6.42. The van der Waals surface area contributed by atoms with Crippen molar-refractivity contribution in [3.8, 4) is 17.9 Å². The summed E-state index contributed by atoms with van der Waals surface area (Å²) in [4.78, 5) is 0.823. The highest BCUT2D eigenvalue weighted by Gasteiger charge is 2.18. The Morgan fingerprint density at radius 1 is 1.13 bits per heavy atom. The SMILES string of the molecule is CC(C)(C)C1=CC(Oc2ccc(C#N)c(C#N)c2)=C(S)CC=C1. The molecule has 0 N–H and O–H groups in total. The van der Waals surface area contributed by atoms with Crippen molar-refractivity contribution < 1.29 is 4.74 Å². The fraction of sp³-hybridized carbons (Fsp3) is 0.263. The number of nitriles is 2. The third-order valence-electron chi connectivity index (χ3n) is 3.51. The second-order valence-electron chi connectivity index (χ2n) is 6.30. The molecule has 0 aromatic heterocycles. The van der Waals surface area contributed by atoms with Crippen molar-refractivity contribution in [1.29, 1.82) is 10.5 Å². The Morgan fingerprint density at radius 2 is 1.83 bits per heavy atom. The predicted octanol–water partition coefficient (Wildman–Crippen LogP) is 4.88. The molecule has 0 spiro atoms. The Hall–Kier alpha value is -2.43. The van der Waals surface area contributed by atoms with Crippen LogP contribution in [0.2, 0.25) is 0 Å². The lowest BCUT2D eigenvalue weighted by atomic mass is 9.86. The zero-order valence-electron chi connectivity index (χ0n) is 13.4. The summed E-state index contributed by atoms with van der Waals surface area (Å²) in [6, 6.07) is 8.87. The number of allylic oxidation sites excluding steroid dienone is 5. The van der Waals surface area contributed by atoms with Crippen molar-refractivity contribution >= 4 is 12.6 Å². The van der Waals surface area contributed by atoms with E-state index in [1.165, 1.54) is 0 Å². The second-order valence-corrected chi connectivity index (χ2v) is 6.84. The van der Waals surface area contributed by atoms with Gasteiger partial charge in [0.05, 0.1) is 11.1 Å². The molecule has 0 fully saturated rings. The van der Waals surface area contributed by atoms with Crippen LogP contribution in [-0.2, 0) is 0 Å². The van der Waals surface area contributed by atoms with Crippen LogP contribution in [0, 0.1) is 28.1 Å². The van der Waals surface area contributed by atoms with Crippen LogP contribution in [0.15, 0.2) is 52.7 Å². The second kappa shape index (κ2) is 6.77. The van der Waals surface area contributed by atoms with Crippen molar-refractivity contribution in [1.82, 2.24) is 0 Å². The highest BCUT2D eigenvalue weighted by molar-refractivity contribution is 7.84. The van der Waals surface area contributed by atoms with Gasteiger partial charge in [-0.1, -0.05) is 32.9 Å². The molecule has 4 heteroatoms. The van der Waals surface area contributed by atoms with E-state index in [1.807, 2.05) is 18.2 Å². The van der Waals surface area contributed by atoms with Crippen LogP contribution in [0.25, 0.3) is 0 Å². The van der Waals surface area contributed by atoms with E-state index in [0.29, 0.717) is 29.1 Å². The molecule has 0 saturated carbocycles. The third-order valence-corrected chi connectivity index (χ3v) is 3.91. The molecule has 1 aliphatic carbocycles. The lowest BCUT2D eigenvalue weighted by molar-refractivity contribution is 0.436. The average Bonchev–Trinajstić information content (AvgIpc) is 2.69. The number of ether oxygens (including phenoxy) is 1. The molecule has 1 aromatic carbocycles. The predicted molar refractivity (Wildman–Crippen MR) is 93.8 cm³/mol. The van der Waals surface area contributed by atoms with Crippen molar-refractivity contribution in [2.24, 2.45) is 5.41 Å². The van der Waals surface area contributed by atoms with E-state index in [9.17, 15) is 0 Å². The summed E-state index contributed by atoms with van der Waals surface area (Å²) in [7, 11) is 0. The maximum atomic E-state index is 9.12. The van der Waals surface area contributed by atoms with Gasteiger partial charge in [-0.15, -0.1) is 12.6 Å². The Bertz CT molecular complexity index is 796. The molecular formula is C19H18N2OS. The summed E-state index contributed by atoms with van der Waals surface area (Å²) in [5.74, 6) is 1.19. The van der Waals surface area contributed by atoms with Gasteiger partial charge in [-0.25, -0.2) is 0 Å². The minimum Gasteiger partial charge on any atom is -0.456 e. The van der Waals surface area contributed by atoms with Crippen molar-refractivity contribution in [3.63, 3.8) is 0 Å². The van der Waals surface area contributed by atoms with E-state index in [1.54, 1.807) is 18.2 Å². The molecule has 1 aliphatic rings. The monoisotopic (exact) mass is 322 g/mol. The minimum atomic E-state index is -0.00795. The van der Waals surface area contributed by atoms with Gasteiger partial charge in [0.25, 0.3) is 0 Å². The lowest BCUT2D eigenvalue weighted by Gasteiger charge is -2.20. The highest BCUT2D eigenvalue weighted by atomic mass is 32.1. The van der Waals surface area contributed by atoms with Crippen LogP contribution in [0.3, 0.4) is 0 Å². The smallest absolute Gasteiger partial charge is 0.137 e. The molecule has 116 valence electrons. The van der Waals surface area contributed by atoms with Gasteiger partial charge in [0.2, 0.25) is 0 Å². The molecule has 0 amide bonds. The number of rotatable bonds is 2. The quantitative estimate of drug-likeness (QED) is 0.789. The van der Waals surface area contributed by atoms with Gasteiger partial charge < -0.3 is 4.74 Å². The summed E-state index contributed by atoms with van der Waals surface area (Å²) in [5, 5.41) is 18.1. The molecule has 0 atom stereocenters. The maximum absolute atomic E-state index is 9.12.